The van der Waals surface area contributed by atoms with Gasteiger partial charge in [0.1, 0.15) is 30.0 Å². The summed E-state index contributed by atoms with van der Waals surface area (Å²) in [6, 6.07) is 1.60. The molecule has 3 rings (SSSR count). The number of nitrogen functional groups attached to an aromatic ring is 1. The van der Waals surface area contributed by atoms with E-state index in [0.29, 0.717) is 11.0 Å². The van der Waals surface area contributed by atoms with E-state index in [1.807, 2.05) is 0 Å². The van der Waals surface area contributed by atoms with Crippen LogP contribution in [0, 0.1) is 0 Å². The molecule has 9 heteroatoms. The highest BCUT2D eigenvalue weighted by Gasteiger charge is 2.55. The number of rotatable bonds is 2. The van der Waals surface area contributed by atoms with Crippen LogP contribution in [0.3, 0.4) is 0 Å². The molecule has 0 bridgehead atoms. The van der Waals surface area contributed by atoms with Crippen LogP contribution in [-0.2, 0) is 4.74 Å². The molecule has 1 saturated heterocycles. The molecular formula is C11H14N4O5. The van der Waals surface area contributed by atoms with Crippen molar-refractivity contribution in [1.82, 2.24) is 14.5 Å². The Hall–Kier alpha value is -1.78. The SMILES string of the molecule is Nc1ncnc2c1ccn2[C@@H]1O[C@H](CO)[C@@H](O)C1(O)O. The van der Waals surface area contributed by atoms with Crippen LogP contribution >= 0.6 is 0 Å². The lowest BCUT2D eigenvalue weighted by Gasteiger charge is -2.25. The number of anilines is 1. The van der Waals surface area contributed by atoms with Crippen LogP contribution < -0.4 is 5.73 Å². The number of hydrogen-bond donors (Lipinski definition) is 5. The summed E-state index contributed by atoms with van der Waals surface area (Å²) < 4.78 is 6.62. The van der Waals surface area contributed by atoms with Crippen LogP contribution in [-0.4, -0.2) is 59.6 Å². The Bertz CT molecular complexity index is 643. The van der Waals surface area contributed by atoms with Crippen LogP contribution in [0.15, 0.2) is 18.6 Å². The monoisotopic (exact) mass is 282 g/mol. The van der Waals surface area contributed by atoms with E-state index in [9.17, 15) is 15.3 Å². The van der Waals surface area contributed by atoms with Crippen molar-refractivity contribution in [2.75, 3.05) is 12.3 Å². The first-order chi connectivity index (χ1) is 9.46. The third-order valence-corrected chi connectivity index (χ3v) is 3.43. The van der Waals surface area contributed by atoms with E-state index in [-0.39, 0.29) is 5.82 Å². The van der Waals surface area contributed by atoms with Crippen molar-refractivity contribution in [3.8, 4) is 0 Å². The lowest BCUT2D eigenvalue weighted by Crippen LogP contribution is -2.46. The summed E-state index contributed by atoms with van der Waals surface area (Å²) >= 11 is 0. The average Bonchev–Trinajstić information content (AvgIpc) is 2.92. The minimum atomic E-state index is -2.56. The van der Waals surface area contributed by atoms with E-state index in [1.165, 1.54) is 17.1 Å². The number of hydrogen-bond acceptors (Lipinski definition) is 8. The molecule has 0 aliphatic carbocycles. The minimum Gasteiger partial charge on any atom is -0.394 e. The van der Waals surface area contributed by atoms with Gasteiger partial charge in [-0.15, -0.1) is 0 Å². The van der Waals surface area contributed by atoms with Crippen molar-refractivity contribution >= 4 is 16.9 Å². The minimum absolute atomic E-state index is 0.243. The molecule has 0 spiro atoms. The summed E-state index contributed by atoms with van der Waals surface area (Å²) in [6.45, 7) is -0.545. The van der Waals surface area contributed by atoms with E-state index in [0.717, 1.165) is 0 Å². The van der Waals surface area contributed by atoms with Crippen LogP contribution in [0.4, 0.5) is 5.82 Å². The van der Waals surface area contributed by atoms with Crippen molar-refractivity contribution < 1.29 is 25.2 Å². The summed E-state index contributed by atoms with van der Waals surface area (Å²) in [4.78, 5) is 7.84. The Morgan fingerprint density at radius 2 is 2.15 bits per heavy atom. The normalized spacial score (nSPS) is 29.1. The van der Waals surface area contributed by atoms with Crippen LogP contribution in [0.25, 0.3) is 11.0 Å². The number of aromatic nitrogens is 3. The summed E-state index contributed by atoms with van der Waals surface area (Å²) in [5, 5.41) is 39.4. The standard InChI is InChI=1S/C11H14N4O5/c12-8-5-1-2-15(9(5)14-4-13-8)10-11(18,19)7(17)6(3-16)20-10/h1-2,4,6-7,10,16-19H,3H2,(H2,12,13,14)/t6-,7-,10-/m1/s1. The summed E-state index contributed by atoms with van der Waals surface area (Å²) in [5.74, 6) is -2.31. The Balaban J connectivity index is 2.10. The number of aliphatic hydroxyl groups excluding tert-OH is 2. The van der Waals surface area contributed by atoms with Gasteiger partial charge in [0.05, 0.1) is 12.0 Å². The van der Waals surface area contributed by atoms with Crippen molar-refractivity contribution in [2.24, 2.45) is 0 Å². The Morgan fingerprint density at radius 3 is 2.80 bits per heavy atom. The molecule has 2 aromatic heterocycles. The molecular weight excluding hydrogens is 268 g/mol. The molecule has 0 radical (unpaired) electrons. The fourth-order valence-corrected chi connectivity index (χ4v) is 2.35. The first kappa shape index (κ1) is 13.2. The van der Waals surface area contributed by atoms with Gasteiger partial charge in [0.15, 0.2) is 6.23 Å². The third kappa shape index (κ3) is 1.69. The smallest absolute Gasteiger partial charge is 0.239 e. The van der Waals surface area contributed by atoms with Gasteiger partial charge >= 0.3 is 0 Å². The highest BCUT2D eigenvalue weighted by Crippen LogP contribution is 2.38. The van der Waals surface area contributed by atoms with Gasteiger partial charge in [0.2, 0.25) is 5.79 Å². The first-order valence-electron chi connectivity index (χ1n) is 5.93. The summed E-state index contributed by atoms with van der Waals surface area (Å²) in [5.41, 5.74) is 6.03. The predicted molar refractivity (Wildman–Crippen MR) is 66.1 cm³/mol. The van der Waals surface area contributed by atoms with E-state index in [2.05, 4.69) is 9.97 Å². The van der Waals surface area contributed by atoms with Crippen LogP contribution in [0.2, 0.25) is 0 Å². The van der Waals surface area contributed by atoms with Crippen molar-refractivity contribution in [3.63, 3.8) is 0 Å². The van der Waals surface area contributed by atoms with Gasteiger partial charge < -0.3 is 35.5 Å². The quantitative estimate of drug-likeness (QED) is 0.395. The zero-order valence-corrected chi connectivity index (χ0v) is 10.3. The zero-order valence-electron chi connectivity index (χ0n) is 10.3. The number of fused-ring (bicyclic) bond motifs is 1. The molecule has 1 aliphatic heterocycles. The molecule has 0 unspecified atom stereocenters. The molecule has 2 aromatic rings. The van der Waals surface area contributed by atoms with Gasteiger partial charge in [0, 0.05) is 6.20 Å². The molecule has 0 amide bonds. The number of nitrogens with zero attached hydrogens (tertiary/aromatic N) is 3. The Kier molecular flexibility index (Phi) is 2.88. The molecule has 6 N–H and O–H groups in total. The summed E-state index contributed by atoms with van der Waals surface area (Å²) in [6.07, 6.45) is -1.34. The van der Waals surface area contributed by atoms with Crippen LogP contribution in [0.5, 0.6) is 0 Å². The number of ether oxygens (including phenoxy) is 1. The second-order valence-electron chi connectivity index (χ2n) is 4.66. The lowest BCUT2D eigenvalue weighted by atomic mass is 10.1. The van der Waals surface area contributed by atoms with Gasteiger partial charge in [-0.25, -0.2) is 9.97 Å². The molecule has 20 heavy (non-hydrogen) atoms. The van der Waals surface area contributed by atoms with Gasteiger partial charge in [-0.2, -0.15) is 0 Å². The second kappa shape index (κ2) is 4.36. The molecule has 3 heterocycles. The average molecular weight is 282 g/mol. The van der Waals surface area contributed by atoms with Gasteiger partial charge in [-0.1, -0.05) is 0 Å². The molecule has 9 nitrogen and oxygen atoms in total. The lowest BCUT2D eigenvalue weighted by molar-refractivity contribution is -0.247. The highest BCUT2D eigenvalue weighted by molar-refractivity contribution is 5.86. The Morgan fingerprint density at radius 1 is 1.40 bits per heavy atom. The molecule has 1 fully saturated rings. The van der Waals surface area contributed by atoms with Gasteiger partial charge in [-0.3, -0.25) is 0 Å². The largest absolute Gasteiger partial charge is 0.394 e. The van der Waals surface area contributed by atoms with E-state index < -0.39 is 30.8 Å². The van der Waals surface area contributed by atoms with Crippen molar-refractivity contribution in [2.45, 2.75) is 24.2 Å². The first-order valence-corrected chi connectivity index (χ1v) is 5.93. The number of aliphatic hydroxyl groups is 4. The maximum Gasteiger partial charge on any atom is 0.239 e. The molecule has 108 valence electrons. The zero-order chi connectivity index (χ0) is 14.5. The van der Waals surface area contributed by atoms with Gasteiger partial charge in [0.25, 0.3) is 0 Å². The van der Waals surface area contributed by atoms with Crippen molar-refractivity contribution in [3.05, 3.63) is 18.6 Å². The third-order valence-electron chi connectivity index (χ3n) is 3.43. The Labute approximate surface area is 112 Å². The van der Waals surface area contributed by atoms with Crippen LogP contribution in [0.1, 0.15) is 6.23 Å². The topological polar surface area (TPSA) is 147 Å². The fourth-order valence-electron chi connectivity index (χ4n) is 2.35. The second-order valence-corrected chi connectivity index (χ2v) is 4.66. The predicted octanol–water partition coefficient (Wildman–Crippen LogP) is -2.06. The molecule has 1 aliphatic rings. The fraction of sp³-hybridized carbons (Fsp3) is 0.455. The molecule has 3 atom stereocenters. The maximum atomic E-state index is 10.00. The van der Waals surface area contributed by atoms with Crippen molar-refractivity contribution in [1.29, 1.82) is 0 Å². The van der Waals surface area contributed by atoms with E-state index in [1.54, 1.807) is 6.07 Å². The van der Waals surface area contributed by atoms with E-state index in [4.69, 9.17) is 15.6 Å². The maximum absolute atomic E-state index is 10.00. The van der Waals surface area contributed by atoms with Gasteiger partial charge in [-0.05, 0) is 6.07 Å². The highest BCUT2D eigenvalue weighted by atomic mass is 16.6. The number of nitrogens with two attached hydrogens (primary N) is 1. The van der Waals surface area contributed by atoms with E-state index >= 15 is 0 Å². The molecule has 0 aromatic carbocycles. The summed E-state index contributed by atoms with van der Waals surface area (Å²) in [7, 11) is 0. The molecule has 0 saturated carbocycles.